The fraction of sp³-hybridized carbons (Fsp3) is 0. The maximum absolute atomic E-state index is 8.46. The molecule has 0 saturated heterocycles. The van der Waals surface area contributed by atoms with Gasteiger partial charge in [-0.1, -0.05) is 0 Å². The van der Waals surface area contributed by atoms with Crippen LogP contribution >= 0.6 is 0 Å². The first-order chi connectivity index (χ1) is 2.83. The summed E-state index contributed by atoms with van der Waals surface area (Å²) in [6.07, 6.45) is 0. The molecule has 9 heteroatoms. The fourth-order valence-corrected chi connectivity index (χ4v) is 0. The zero-order chi connectivity index (χ0) is 5.41. The topological polar surface area (TPSA) is 80.3 Å². The van der Waals surface area contributed by atoms with Crippen molar-refractivity contribution in [3.63, 3.8) is 0 Å². The molecule has 0 aromatic carbocycles. The molecule has 0 amide bonds. The van der Waals surface area contributed by atoms with Gasteiger partial charge in [0.1, 0.15) is 0 Å². The molecule has 0 atom stereocenters. The average molecular weight is 401 g/mol. The van der Waals surface area contributed by atoms with Crippen LogP contribution in [0.5, 0.6) is 0 Å². The standard InChI is InChI=1S/2Al.La.Mn.4O.Sr.2H/q;;;+2;;;2*-1;;;. The molecular formula is H2Al2LaMnO4Sr. The summed E-state index contributed by atoms with van der Waals surface area (Å²) in [5.41, 5.74) is 0. The Hall–Kier alpha value is 3.46. The van der Waals surface area contributed by atoms with Crippen molar-refractivity contribution >= 4 is 76.5 Å². The van der Waals surface area contributed by atoms with Crippen LogP contribution in [0.25, 0.3) is 0 Å². The second kappa shape index (κ2) is 42.1. The van der Waals surface area contributed by atoms with Crippen LogP contribution in [-0.2, 0) is 24.7 Å². The summed E-state index contributed by atoms with van der Waals surface area (Å²) in [5.74, 6) is 0. The average Bonchev–Trinajstić information content (AvgIpc) is 1.39. The molecule has 0 unspecified atom stereocenters. The first-order valence-electron chi connectivity index (χ1n) is 0.943. The normalized spacial score (nSPS) is 1.78. The van der Waals surface area contributed by atoms with Crippen LogP contribution in [-0.4, -0.2) is 76.5 Å². The van der Waals surface area contributed by atoms with Crippen molar-refractivity contribution in [2.24, 2.45) is 0 Å². The van der Waals surface area contributed by atoms with Crippen molar-refractivity contribution in [3.8, 4) is 0 Å². The molecule has 0 bridgehead atoms. The number of rotatable bonds is 0. The van der Waals surface area contributed by atoms with E-state index in [9.17, 15) is 0 Å². The van der Waals surface area contributed by atoms with Gasteiger partial charge in [0.2, 0.25) is 0 Å². The van der Waals surface area contributed by atoms with Crippen molar-refractivity contribution in [2.45, 2.75) is 0 Å². The summed E-state index contributed by atoms with van der Waals surface area (Å²) < 4.78 is 33.8. The Kier molecular flexibility index (Phi) is 137. The van der Waals surface area contributed by atoms with E-state index in [4.69, 9.17) is 15.9 Å². The zero-order valence-electron chi connectivity index (χ0n) is 3.74. The van der Waals surface area contributed by atoms with Crippen molar-refractivity contribution in [3.05, 3.63) is 0 Å². The van der Waals surface area contributed by atoms with Gasteiger partial charge in [0.15, 0.2) is 0 Å². The maximum atomic E-state index is 8.46. The molecule has 0 fully saturated rings. The van der Waals surface area contributed by atoms with E-state index >= 15 is 0 Å². The molecule has 0 N–H and O–H groups in total. The van der Waals surface area contributed by atoms with Gasteiger partial charge < -0.3 is 0 Å². The minimum atomic E-state index is -1.75. The predicted molar refractivity (Wildman–Crippen MR) is 21.4 cm³/mol. The van der Waals surface area contributed by atoms with E-state index in [1.165, 1.54) is 0 Å². The Morgan fingerprint density at radius 1 is 1.00 bits per heavy atom. The van der Waals surface area contributed by atoms with Gasteiger partial charge in [-0.25, -0.2) is 0 Å². The fourth-order valence-electron chi connectivity index (χ4n) is 0. The summed E-state index contributed by atoms with van der Waals surface area (Å²) in [6.45, 7) is 0. The summed E-state index contributed by atoms with van der Waals surface area (Å²) in [5, 5.41) is 0. The molecule has 2 radical (unpaired) electrons. The quantitative estimate of drug-likeness (QED) is 0.385. The molecular weight excluding hydrogens is 399 g/mol. The van der Waals surface area contributed by atoms with Crippen molar-refractivity contribution in [1.82, 2.24) is 0 Å². The Balaban J connectivity index is -0.00000000889. The number of hydrogen-bond donors (Lipinski definition) is 0. The monoisotopic (exact) mass is 402 g/mol. The molecule has 4 nitrogen and oxygen atoms in total. The van der Waals surface area contributed by atoms with E-state index in [1.807, 2.05) is 0 Å². The Labute approximate surface area is 141 Å². The van der Waals surface area contributed by atoms with Crippen LogP contribution in [0, 0.1) is 35.6 Å². The molecule has 44 valence electrons. The molecule has 0 aromatic heterocycles. The summed E-state index contributed by atoms with van der Waals surface area (Å²) in [7, 11) is 0. The Bertz CT molecular complexity index is 39.5. The summed E-state index contributed by atoms with van der Waals surface area (Å²) in [6, 6.07) is 0. The van der Waals surface area contributed by atoms with Crippen LogP contribution in [0.15, 0.2) is 0 Å². The summed E-state index contributed by atoms with van der Waals surface area (Å²) >= 11 is -3.50. The van der Waals surface area contributed by atoms with Gasteiger partial charge in [-0.3, -0.25) is 0 Å². The molecule has 0 aliphatic rings. The van der Waals surface area contributed by atoms with E-state index in [1.54, 1.807) is 0 Å². The SMILES string of the molecule is [La].[Mn+2].[O]=[Al][O-].[O]=[Al][O-].[SrH2]. The molecule has 0 saturated carbocycles. The molecule has 0 rings (SSSR count). The van der Waals surface area contributed by atoms with E-state index in [0.29, 0.717) is 0 Å². The van der Waals surface area contributed by atoms with Crippen LogP contribution in [0.3, 0.4) is 0 Å². The first kappa shape index (κ1) is 29.4. The van der Waals surface area contributed by atoms with E-state index < -0.39 is 31.0 Å². The van der Waals surface area contributed by atoms with Crippen molar-refractivity contribution in [2.75, 3.05) is 0 Å². The molecule has 0 aliphatic heterocycles. The molecule has 9 heavy (non-hydrogen) atoms. The zero-order valence-corrected chi connectivity index (χ0v) is 10.9. The third-order valence-electron chi connectivity index (χ3n) is 0. The second-order valence-electron chi connectivity index (χ2n) is 0.192. The Morgan fingerprint density at radius 2 is 1.00 bits per heavy atom. The van der Waals surface area contributed by atoms with Gasteiger partial charge in [0.05, 0.1) is 0 Å². The van der Waals surface area contributed by atoms with Crippen molar-refractivity contribution in [1.29, 1.82) is 0 Å². The van der Waals surface area contributed by atoms with Gasteiger partial charge >= 0.3 is 109 Å². The van der Waals surface area contributed by atoms with Crippen LogP contribution in [0.1, 0.15) is 0 Å². The van der Waals surface area contributed by atoms with Crippen LogP contribution in [0.4, 0.5) is 0 Å². The van der Waals surface area contributed by atoms with Crippen molar-refractivity contribution < 1.29 is 68.6 Å². The third-order valence-corrected chi connectivity index (χ3v) is 0. The van der Waals surface area contributed by atoms with Gasteiger partial charge in [-0.05, 0) is 0 Å². The van der Waals surface area contributed by atoms with E-state index in [2.05, 4.69) is 0 Å². The Morgan fingerprint density at radius 3 is 1.00 bits per heavy atom. The van der Waals surface area contributed by atoms with E-state index in [0.717, 1.165) is 0 Å². The van der Waals surface area contributed by atoms with Gasteiger partial charge in [0.25, 0.3) is 0 Å². The number of hydrogen-bond acceptors (Lipinski definition) is 4. The van der Waals surface area contributed by atoms with Gasteiger partial charge in [-0.2, -0.15) is 0 Å². The predicted octanol–water partition coefficient (Wildman–Crippen LogP) is -4.30. The molecule has 0 heterocycles. The molecule has 0 spiro atoms. The third kappa shape index (κ3) is 85.7. The van der Waals surface area contributed by atoms with Crippen LogP contribution in [0.2, 0.25) is 0 Å². The minimum absolute atomic E-state index is 0. The second-order valence-corrected chi connectivity index (χ2v) is 0.577. The van der Waals surface area contributed by atoms with Gasteiger partial charge in [0, 0.05) is 35.6 Å². The van der Waals surface area contributed by atoms with Crippen LogP contribution < -0.4 is 8.32 Å². The molecule has 0 aromatic rings. The summed E-state index contributed by atoms with van der Waals surface area (Å²) in [4.78, 5) is 0. The first-order valence-corrected chi connectivity index (χ1v) is 2.83. The molecule has 0 aliphatic carbocycles. The van der Waals surface area contributed by atoms with Gasteiger partial charge in [-0.15, -0.1) is 0 Å². The van der Waals surface area contributed by atoms with E-state index in [-0.39, 0.29) is 98.1 Å².